The monoisotopic (exact) mass is 174 g/mol. The summed E-state index contributed by atoms with van der Waals surface area (Å²) in [5, 5.41) is 2.46. The minimum atomic E-state index is -0.0790. The van der Waals surface area contributed by atoms with Crippen molar-refractivity contribution in [3.8, 4) is 0 Å². The molecule has 0 aromatic carbocycles. The molecule has 0 saturated heterocycles. The summed E-state index contributed by atoms with van der Waals surface area (Å²) in [4.78, 5) is 10.8. The second-order valence-corrected chi connectivity index (χ2v) is 2.09. The van der Waals surface area contributed by atoms with Crippen LogP contribution in [0.25, 0.3) is 0 Å². The van der Waals surface area contributed by atoms with Gasteiger partial charge in [-0.05, 0) is 0 Å². The number of nitrogens with zero attached hydrogens (tertiary/aromatic N) is 1. The fraction of sp³-hybridized carbons (Fsp3) is 0.800. The maximum atomic E-state index is 10.8. The van der Waals surface area contributed by atoms with Gasteiger partial charge in [-0.25, -0.2) is 0 Å². The van der Waals surface area contributed by atoms with Crippen LogP contribution in [0.5, 0.6) is 0 Å². The van der Waals surface area contributed by atoms with Gasteiger partial charge in [0, 0.05) is 0 Å². The fourth-order valence-electron chi connectivity index (χ4n) is 0.491. The van der Waals surface area contributed by atoms with Crippen molar-refractivity contribution in [2.24, 2.45) is 4.67 Å². The van der Waals surface area contributed by atoms with Crippen molar-refractivity contribution in [2.75, 3.05) is 13.2 Å². The Hall–Kier alpha value is -0.275. The van der Waals surface area contributed by atoms with Gasteiger partial charge in [0.2, 0.25) is 0 Å². The third kappa shape index (κ3) is 7.62. The minimum absolute atomic E-state index is 0.0790. The zero-order valence-electron chi connectivity index (χ0n) is 6.54. The fourth-order valence-corrected chi connectivity index (χ4v) is 0.565. The summed E-state index contributed by atoms with van der Waals surface area (Å²) in [7, 11) is 3.46. The van der Waals surface area contributed by atoms with E-state index in [1.54, 1.807) is 0 Å². The Labute approximate surface area is 69.3 Å². The number of amides is 1. The number of rotatable bonds is 5. The van der Waals surface area contributed by atoms with Gasteiger partial charge in [0.25, 0.3) is 0 Å². The molecule has 0 aliphatic rings. The molecule has 62 valence electrons. The molecule has 0 spiro atoms. The van der Waals surface area contributed by atoms with E-state index in [2.05, 4.69) is 19.3 Å². The van der Waals surface area contributed by atoms with Crippen molar-refractivity contribution in [2.45, 2.75) is 13.3 Å². The summed E-state index contributed by atoms with van der Waals surface area (Å²) < 4.78 is 8.50. The molecule has 1 N–H and O–H groups in total. The SMILES string of the molecule is CCOCCC(=O)N/B=N/P. The summed E-state index contributed by atoms with van der Waals surface area (Å²) >= 11 is 0. The maximum absolute atomic E-state index is 10.8. The van der Waals surface area contributed by atoms with Crippen LogP contribution in [-0.4, -0.2) is 26.3 Å². The predicted octanol–water partition coefficient (Wildman–Crippen LogP) is 0.122. The molecule has 1 amide bonds. The Morgan fingerprint density at radius 3 is 3.09 bits per heavy atom. The summed E-state index contributed by atoms with van der Waals surface area (Å²) in [6, 6.07) is 0. The zero-order valence-corrected chi connectivity index (χ0v) is 7.69. The average molecular weight is 174 g/mol. The molecule has 0 fully saturated rings. The van der Waals surface area contributed by atoms with Crippen LogP contribution in [0.15, 0.2) is 4.67 Å². The van der Waals surface area contributed by atoms with Crippen molar-refractivity contribution < 1.29 is 9.53 Å². The Morgan fingerprint density at radius 1 is 1.82 bits per heavy atom. The number of nitrogens with one attached hydrogen (secondary N) is 1. The molecule has 0 aliphatic heterocycles. The Balaban J connectivity index is 3.23. The Morgan fingerprint density at radius 2 is 2.55 bits per heavy atom. The summed E-state index contributed by atoms with van der Waals surface area (Å²) in [6.45, 7) is 3.00. The van der Waals surface area contributed by atoms with Gasteiger partial charge in [0.05, 0.1) is 0 Å². The summed E-state index contributed by atoms with van der Waals surface area (Å²) in [6.07, 6.45) is 0.379. The first-order valence-electron chi connectivity index (χ1n) is 3.40. The molecule has 4 nitrogen and oxygen atoms in total. The number of hydrogen-bond acceptors (Lipinski definition) is 3. The first-order chi connectivity index (χ1) is 5.31. The van der Waals surface area contributed by atoms with Crippen LogP contribution in [0.3, 0.4) is 0 Å². The van der Waals surface area contributed by atoms with Crippen LogP contribution in [0.1, 0.15) is 13.3 Å². The van der Waals surface area contributed by atoms with Crippen molar-refractivity contribution in [1.29, 1.82) is 0 Å². The van der Waals surface area contributed by atoms with Crippen LogP contribution < -0.4 is 5.23 Å². The van der Waals surface area contributed by atoms with Gasteiger partial charge in [-0.3, -0.25) is 0 Å². The first-order valence-corrected chi connectivity index (χ1v) is 3.91. The van der Waals surface area contributed by atoms with E-state index in [0.29, 0.717) is 19.6 Å². The Bertz CT molecular complexity index is 142. The number of ether oxygens (including phenoxy) is 1. The van der Waals surface area contributed by atoms with Crippen molar-refractivity contribution in [3.05, 3.63) is 0 Å². The van der Waals surface area contributed by atoms with E-state index in [0.717, 1.165) is 0 Å². The predicted molar refractivity (Wildman–Crippen MR) is 47.1 cm³/mol. The molecule has 0 bridgehead atoms. The third-order valence-corrected chi connectivity index (χ3v) is 1.13. The van der Waals surface area contributed by atoms with Gasteiger partial charge in [0.15, 0.2) is 0 Å². The molecule has 0 aromatic rings. The van der Waals surface area contributed by atoms with Gasteiger partial charge in [-0.15, -0.1) is 0 Å². The molecule has 11 heavy (non-hydrogen) atoms. The van der Waals surface area contributed by atoms with E-state index >= 15 is 0 Å². The van der Waals surface area contributed by atoms with Crippen molar-refractivity contribution in [1.82, 2.24) is 5.23 Å². The van der Waals surface area contributed by atoms with E-state index in [9.17, 15) is 4.79 Å². The molecule has 0 heterocycles. The quantitative estimate of drug-likeness (QED) is 0.365. The zero-order chi connectivity index (χ0) is 8.53. The van der Waals surface area contributed by atoms with E-state index in [1.165, 1.54) is 7.21 Å². The van der Waals surface area contributed by atoms with Gasteiger partial charge in [0.1, 0.15) is 0 Å². The normalized spacial score (nSPS) is 9.64. The van der Waals surface area contributed by atoms with Gasteiger partial charge >= 0.3 is 68.5 Å². The third-order valence-electron chi connectivity index (χ3n) is 0.978. The molecular formula is C5H12BN2O2P. The topological polar surface area (TPSA) is 50.7 Å². The van der Waals surface area contributed by atoms with Gasteiger partial charge < -0.3 is 0 Å². The standard InChI is InChI=1S/C5H12BN2O2P/c1-2-10-4-3-5(9)7-6-8-11/h2-4,11H2,1H3,(H,7,9). The molecule has 1 atom stereocenters. The van der Waals surface area contributed by atoms with E-state index < -0.39 is 0 Å². The van der Waals surface area contributed by atoms with Crippen LogP contribution in [0, 0.1) is 0 Å². The molecule has 1 unspecified atom stereocenters. The molecule has 0 radical (unpaired) electrons. The second kappa shape index (κ2) is 7.83. The van der Waals surface area contributed by atoms with Crippen LogP contribution in [0.2, 0.25) is 0 Å². The van der Waals surface area contributed by atoms with Crippen LogP contribution in [-0.2, 0) is 9.53 Å². The molecule has 0 aromatic heterocycles. The Kier molecular flexibility index (Phi) is 7.63. The molecule has 6 heteroatoms. The average Bonchev–Trinajstić information content (AvgIpc) is 2.01. The number of carbonyl (C=O) groups excluding carboxylic acids is 1. The second-order valence-electron chi connectivity index (χ2n) is 1.79. The van der Waals surface area contributed by atoms with Gasteiger partial charge in [-0.2, -0.15) is 0 Å². The molecule has 0 rings (SSSR count). The van der Waals surface area contributed by atoms with Crippen LogP contribution in [0.4, 0.5) is 0 Å². The molecule has 0 saturated carbocycles. The van der Waals surface area contributed by atoms with Crippen molar-refractivity contribution >= 4 is 22.5 Å². The van der Waals surface area contributed by atoms with E-state index in [4.69, 9.17) is 4.74 Å². The summed E-state index contributed by atoms with van der Waals surface area (Å²) in [5.41, 5.74) is 0. The first kappa shape index (κ1) is 10.7. The van der Waals surface area contributed by atoms with Crippen LogP contribution >= 0.6 is 9.39 Å². The van der Waals surface area contributed by atoms with Crippen molar-refractivity contribution in [3.63, 3.8) is 0 Å². The summed E-state index contributed by atoms with van der Waals surface area (Å²) in [5.74, 6) is -0.0790. The van der Waals surface area contributed by atoms with E-state index in [-0.39, 0.29) is 5.91 Å². The molecule has 0 aliphatic carbocycles. The number of carbonyl (C=O) groups is 1. The molecular weight excluding hydrogens is 162 g/mol. The number of hydrogen-bond donors (Lipinski definition) is 1. The van der Waals surface area contributed by atoms with E-state index in [1.807, 2.05) is 6.92 Å². The van der Waals surface area contributed by atoms with Gasteiger partial charge in [-0.1, -0.05) is 0 Å².